The van der Waals surface area contributed by atoms with Crippen molar-refractivity contribution in [1.29, 1.82) is 0 Å². The van der Waals surface area contributed by atoms with Crippen molar-refractivity contribution in [2.24, 2.45) is 0 Å². The molecule has 2 rings (SSSR count). The first-order valence-corrected chi connectivity index (χ1v) is 7.54. The summed E-state index contributed by atoms with van der Waals surface area (Å²) in [6.45, 7) is 7.54. The molecular weight excluding hydrogens is 242 g/mol. The predicted molar refractivity (Wildman–Crippen MR) is 87.1 cm³/mol. The van der Waals surface area contributed by atoms with E-state index in [0.717, 1.165) is 19.4 Å². The van der Waals surface area contributed by atoms with Gasteiger partial charge in [-0.1, -0.05) is 66.6 Å². The second kappa shape index (κ2) is 7.25. The van der Waals surface area contributed by atoms with Crippen LogP contribution in [-0.2, 0) is 6.42 Å². The van der Waals surface area contributed by atoms with Crippen molar-refractivity contribution in [3.05, 3.63) is 70.8 Å². The van der Waals surface area contributed by atoms with Crippen LogP contribution in [0.3, 0.4) is 0 Å². The Bertz CT molecular complexity index is 510. The Morgan fingerprint density at radius 3 is 2.20 bits per heavy atom. The Morgan fingerprint density at radius 2 is 1.60 bits per heavy atom. The van der Waals surface area contributed by atoms with E-state index in [0.29, 0.717) is 6.04 Å². The van der Waals surface area contributed by atoms with E-state index >= 15 is 0 Å². The van der Waals surface area contributed by atoms with Gasteiger partial charge in [-0.15, -0.1) is 0 Å². The van der Waals surface area contributed by atoms with E-state index in [1.54, 1.807) is 0 Å². The summed E-state index contributed by atoms with van der Waals surface area (Å²) < 4.78 is 0. The minimum absolute atomic E-state index is 0.443. The van der Waals surface area contributed by atoms with Gasteiger partial charge in [0, 0.05) is 6.04 Å². The highest BCUT2D eigenvalue weighted by Gasteiger charge is 2.11. The Hall–Kier alpha value is -1.60. The van der Waals surface area contributed by atoms with Crippen LogP contribution in [0.15, 0.2) is 48.5 Å². The fourth-order valence-electron chi connectivity index (χ4n) is 2.80. The third-order valence-electron chi connectivity index (χ3n) is 3.66. The average Bonchev–Trinajstić information content (AvgIpc) is 2.43. The normalized spacial score (nSPS) is 12.3. The molecule has 0 bridgehead atoms. The first-order chi connectivity index (χ1) is 9.69. The molecule has 0 fully saturated rings. The van der Waals surface area contributed by atoms with E-state index in [1.165, 1.54) is 22.3 Å². The Kier molecular flexibility index (Phi) is 5.37. The molecule has 0 spiro atoms. The third-order valence-corrected chi connectivity index (χ3v) is 3.66. The lowest BCUT2D eigenvalue weighted by Crippen LogP contribution is -2.21. The maximum atomic E-state index is 3.62. The van der Waals surface area contributed by atoms with Crippen molar-refractivity contribution < 1.29 is 0 Å². The van der Waals surface area contributed by atoms with Crippen LogP contribution in [0.2, 0.25) is 0 Å². The fraction of sp³-hybridized carbons (Fsp3) is 0.368. The topological polar surface area (TPSA) is 12.0 Å². The number of aryl methyl sites for hydroxylation is 3. The van der Waals surface area contributed by atoms with Gasteiger partial charge in [0.15, 0.2) is 0 Å². The largest absolute Gasteiger partial charge is 0.310 e. The van der Waals surface area contributed by atoms with Gasteiger partial charge in [0.1, 0.15) is 0 Å². The summed E-state index contributed by atoms with van der Waals surface area (Å²) in [5.74, 6) is 0. The van der Waals surface area contributed by atoms with Gasteiger partial charge < -0.3 is 5.32 Å². The molecule has 0 saturated carbocycles. The molecule has 0 amide bonds. The summed E-state index contributed by atoms with van der Waals surface area (Å²) in [7, 11) is 0. The monoisotopic (exact) mass is 267 g/mol. The van der Waals surface area contributed by atoms with Crippen molar-refractivity contribution in [3.63, 3.8) is 0 Å². The average molecular weight is 267 g/mol. The minimum atomic E-state index is 0.443. The molecule has 1 nitrogen and oxygen atoms in total. The smallest absolute Gasteiger partial charge is 0.0323 e. The summed E-state index contributed by atoms with van der Waals surface area (Å²) in [4.78, 5) is 0. The van der Waals surface area contributed by atoms with Crippen LogP contribution in [-0.4, -0.2) is 6.54 Å². The standard InChI is InChI=1S/C19H25N/c1-4-20-19(11-10-17-8-6-5-7-9-17)18-13-15(2)12-16(3)14-18/h5-9,12-14,19-20H,4,10-11H2,1-3H3. The van der Waals surface area contributed by atoms with Gasteiger partial charge in [0.25, 0.3) is 0 Å². The maximum absolute atomic E-state index is 3.62. The number of rotatable bonds is 6. The molecule has 0 aliphatic heterocycles. The summed E-state index contributed by atoms with van der Waals surface area (Å²) in [5.41, 5.74) is 5.53. The molecule has 0 aromatic heterocycles. The number of nitrogens with one attached hydrogen (secondary N) is 1. The highest BCUT2D eigenvalue weighted by Crippen LogP contribution is 2.21. The fourth-order valence-corrected chi connectivity index (χ4v) is 2.80. The second-order valence-corrected chi connectivity index (χ2v) is 5.56. The molecule has 1 N–H and O–H groups in total. The van der Waals surface area contributed by atoms with Crippen molar-refractivity contribution in [3.8, 4) is 0 Å². The molecule has 0 heterocycles. The van der Waals surface area contributed by atoms with Crippen molar-refractivity contribution >= 4 is 0 Å². The Balaban J connectivity index is 2.10. The molecule has 1 heteroatoms. The first kappa shape index (κ1) is 14.8. The van der Waals surface area contributed by atoms with Crippen LogP contribution < -0.4 is 5.32 Å². The van der Waals surface area contributed by atoms with Gasteiger partial charge in [0.2, 0.25) is 0 Å². The molecule has 0 saturated heterocycles. The van der Waals surface area contributed by atoms with Crippen molar-refractivity contribution in [2.45, 2.75) is 39.7 Å². The van der Waals surface area contributed by atoms with Crippen LogP contribution in [0.5, 0.6) is 0 Å². The zero-order valence-electron chi connectivity index (χ0n) is 12.8. The summed E-state index contributed by atoms with van der Waals surface area (Å²) in [6.07, 6.45) is 2.26. The predicted octanol–water partition coefficient (Wildman–Crippen LogP) is 4.59. The highest BCUT2D eigenvalue weighted by molar-refractivity contribution is 5.31. The highest BCUT2D eigenvalue weighted by atomic mass is 14.9. The van der Waals surface area contributed by atoms with E-state index in [4.69, 9.17) is 0 Å². The van der Waals surface area contributed by atoms with Gasteiger partial charge in [-0.2, -0.15) is 0 Å². The summed E-state index contributed by atoms with van der Waals surface area (Å²) in [5, 5.41) is 3.62. The summed E-state index contributed by atoms with van der Waals surface area (Å²) in [6, 6.07) is 18.0. The van der Waals surface area contributed by atoms with Gasteiger partial charge in [0.05, 0.1) is 0 Å². The molecule has 0 aliphatic carbocycles. The van der Waals surface area contributed by atoms with Crippen molar-refractivity contribution in [1.82, 2.24) is 5.32 Å². The molecule has 20 heavy (non-hydrogen) atoms. The lowest BCUT2D eigenvalue weighted by Gasteiger charge is -2.19. The van der Waals surface area contributed by atoms with Crippen LogP contribution in [0.25, 0.3) is 0 Å². The second-order valence-electron chi connectivity index (χ2n) is 5.56. The van der Waals surface area contributed by atoms with E-state index in [2.05, 4.69) is 74.6 Å². The SMILES string of the molecule is CCNC(CCc1ccccc1)c1cc(C)cc(C)c1. The van der Waals surface area contributed by atoms with Crippen molar-refractivity contribution in [2.75, 3.05) is 6.54 Å². The first-order valence-electron chi connectivity index (χ1n) is 7.54. The number of hydrogen-bond donors (Lipinski definition) is 1. The summed E-state index contributed by atoms with van der Waals surface area (Å²) >= 11 is 0. The van der Waals surface area contributed by atoms with Crippen LogP contribution >= 0.6 is 0 Å². The Labute approximate surface area is 123 Å². The molecule has 2 aromatic carbocycles. The molecule has 1 atom stereocenters. The molecule has 1 unspecified atom stereocenters. The zero-order chi connectivity index (χ0) is 14.4. The third kappa shape index (κ3) is 4.21. The van der Waals surface area contributed by atoms with Gasteiger partial charge in [-0.25, -0.2) is 0 Å². The quantitative estimate of drug-likeness (QED) is 0.807. The van der Waals surface area contributed by atoms with Crippen LogP contribution in [0.1, 0.15) is 41.6 Å². The molecule has 0 aliphatic rings. The van der Waals surface area contributed by atoms with E-state index in [9.17, 15) is 0 Å². The maximum Gasteiger partial charge on any atom is 0.0323 e. The zero-order valence-corrected chi connectivity index (χ0v) is 12.8. The van der Waals surface area contributed by atoms with Crippen LogP contribution in [0, 0.1) is 13.8 Å². The van der Waals surface area contributed by atoms with E-state index in [-0.39, 0.29) is 0 Å². The van der Waals surface area contributed by atoms with E-state index < -0.39 is 0 Å². The molecule has 106 valence electrons. The van der Waals surface area contributed by atoms with Gasteiger partial charge >= 0.3 is 0 Å². The van der Waals surface area contributed by atoms with Gasteiger partial charge in [-0.05, 0) is 44.4 Å². The lowest BCUT2D eigenvalue weighted by atomic mass is 9.96. The number of hydrogen-bond acceptors (Lipinski definition) is 1. The molecule has 0 radical (unpaired) electrons. The Morgan fingerprint density at radius 1 is 0.950 bits per heavy atom. The van der Waals surface area contributed by atoms with E-state index in [1.807, 2.05) is 0 Å². The minimum Gasteiger partial charge on any atom is -0.310 e. The molecular formula is C19H25N. The lowest BCUT2D eigenvalue weighted by molar-refractivity contribution is 0.515. The molecule has 2 aromatic rings. The van der Waals surface area contributed by atoms with Crippen LogP contribution in [0.4, 0.5) is 0 Å². The van der Waals surface area contributed by atoms with Gasteiger partial charge in [-0.3, -0.25) is 0 Å². The number of benzene rings is 2.